The van der Waals surface area contributed by atoms with Crippen LogP contribution >= 0.6 is 11.8 Å². The van der Waals surface area contributed by atoms with Gasteiger partial charge in [-0.25, -0.2) is 0 Å². The van der Waals surface area contributed by atoms with Crippen LogP contribution in [0.5, 0.6) is 0 Å². The zero-order valence-corrected chi connectivity index (χ0v) is 14.1. The predicted octanol–water partition coefficient (Wildman–Crippen LogP) is 1.82. The zero-order chi connectivity index (χ0) is 16.2. The first-order chi connectivity index (χ1) is 10.6. The number of carbonyl (C=O) groups is 2. The Bertz CT molecular complexity index is 452. The molecule has 0 saturated carbocycles. The van der Waals surface area contributed by atoms with Gasteiger partial charge in [0.2, 0.25) is 11.8 Å². The quantitative estimate of drug-likeness (QED) is 0.645. The van der Waals surface area contributed by atoms with E-state index >= 15 is 0 Å². The molecular formula is C16H25N3O2S. The average Bonchev–Trinajstić information content (AvgIpc) is 2.47. The summed E-state index contributed by atoms with van der Waals surface area (Å²) < 4.78 is 0. The van der Waals surface area contributed by atoms with Gasteiger partial charge in [-0.15, -0.1) is 11.8 Å². The molecule has 1 aromatic carbocycles. The van der Waals surface area contributed by atoms with Crippen LogP contribution < -0.4 is 10.6 Å². The monoisotopic (exact) mass is 323 g/mol. The normalized spacial score (nSPS) is 10.5. The van der Waals surface area contributed by atoms with Crippen molar-refractivity contribution in [1.82, 2.24) is 10.2 Å². The summed E-state index contributed by atoms with van der Waals surface area (Å²) in [4.78, 5) is 25.4. The number of amides is 2. The summed E-state index contributed by atoms with van der Waals surface area (Å²) >= 11 is 1.33. The summed E-state index contributed by atoms with van der Waals surface area (Å²) in [5.41, 5.74) is 0.776. The molecule has 0 radical (unpaired) electrons. The van der Waals surface area contributed by atoms with Gasteiger partial charge in [0.1, 0.15) is 0 Å². The third-order valence-electron chi connectivity index (χ3n) is 2.88. The van der Waals surface area contributed by atoms with Crippen molar-refractivity contribution in [1.29, 1.82) is 0 Å². The number of unbranched alkanes of at least 4 members (excludes halogenated alkanes) is 1. The molecule has 22 heavy (non-hydrogen) atoms. The Balaban J connectivity index is 2.03. The number of hydrogen-bond donors (Lipinski definition) is 2. The lowest BCUT2D eigenvalue weighted by atomic mass is 10.3. The maximum atomic E-state index is 11.7. The highest BCUT2D eigenvalue weighted by molar-refractivity contribution is 8.00. The minimum absolute atomic E-state index is 0.0117. The van der Waals surface area contributed by atoms with E-state index in [2.05, 4.69) is 15.5 Å². The van der Waals surface area contributed by atoms with Gasteiger partial charge in [0.15, 0.2) is 0 Å². The van der Waals surface area contributed by atoms with Gasteiger partial charge in [0.05, 0.1) is 11.5 Å². The Morgan fingerprint density at radius 1 is 1.05 bits per heavy atom. The maximum Gasteiger partial charge on any atom is 0.234 e. The molecule has 0 aromatic heterocycles. The van der Waals surface area contributed by atoms with E-state index in [-0.39, 0.29) is 17.6 Å². The number of benzene rings is 1. The van der Waals surface area contributed by atoms with Crippen molar-refractivity contribution >= 4 is 29.3 Å². The molecule has 0 unspecified atom stereocenters. The second kappa shape index (κ2) is 11.1. The molecule has 1 aromatic rings. The van der Waals surface area contributed by atoms with Crippen molar-refractivity contribution < 1.29 is 9.59 Å². The van der Waals surface area contributed by atoms with Crippen LogP contribution in [0.1, 0.15) is 12.8 Å². The minimum Gasteiger partial charge on any atom is -0.355 e. The highest BCUT2D eigenvalue weighted by atomic mass is 32.2. The number of nitrogens with one attached hydrogen (secondary N) is 2. The summed E-state index contributed by atoms with van der Waals surface area (Å²) in [7, 11) is 4.07. The topological polar surface area (TPSA) is 61.4 Å². The molecule has 2 amide bonds. The predicted molar refractivity (Wildman–Crippen MR) is 93.2 cm³/mol. The summed E-state index contributed by atoms with van der Waals surface area (Å²) in [6.45, 7) is 1.73. The summed E-state index contributed by atoms with van der Waals surface area (Å²) in [6.07, 6.45) is 2.04. The smallest absolute Gasteiger partial charge is 0.234 e. The Kier molecular flexibility index (Phi) is 9.34. The first-order valence-corrected chi connectivity index (χ1v) is 8.57. The lowest BCUT2D eigenvalue weighted by Crippen LogP contribution is -2.27. The standard InChI is InChI=1S/C16H25N3O2S/c1-19(2)11-7-6-10-17-15(20)12-22-13-16(21)18-14-8-4-3-5-9-14/h3-5,8-9H,6-7,10-13H2,1-2H3,(H,17,20)(H,18,21). The number of nitrogens with zero attached hydrogens (tertiary/aromatic N) is 1. The van der Waals surface area contributed by atoms with Crippen LogP contribution in [-0.2, 0) is 9.59 Å². The maximum absolute atomic E-state index is 11.7. The van der Waals surface area contributed by atoms with Gasteiger partial charge in [-0.2, -0.15) is 0 Å². The molecule has 0 bridgehead atoms. The number of para-hydroxylation sites is 1. The molecular weight excluding hydrogens is 298 g/mol. The first-order valence-electron chi connectivity index (χ1n) is 7.42. The SMILES string of the molecule is CN(C)CCCCNC(=O)CSCC(=O)Nc1ccccc1. The number of carbonyl (C=O) groups excluding carboxylic acids is 2. The lowest BCUT2D eigenvalue weighted by Gasteiger charge is -2.09. The van der Waals surface area contributed by atoms with Crippen LogP contribution in [-0.4, -0.2) is 55.4 Å². The van der Waals surface area contributed by atoms with Gasteiger partial charge < -0.3 is 15.5 Å². The van der Waals surface area contributed by atoms with Gasteiger partial charge >= 0.3 is 0 Å². The molecule has 6 heteroatoms. The van der Waals surface area contributed by atoms with Crippen molar-refractivity contribution in [3.8, 4) is 0 Å². The van der Waals surface area contributed by atoms with E-state index in [1.165, 1.54) is 11.8 Å². The third kappa shape index (κ3) is 9.41. The summed E-state index contributed by atoms with van der Waals surface area (Å²) in [5, 5.41) is 5.66. The lowest BCUT2D eigenvalue weighted by molar-refractivity contribution is -0.118. The number of rotatable bonds is 10. The summed E-state index contributed by atoms with van der Waals surface area (Å²) in [6, 6.07) is 9.30. The van der Waals surface area contributed by atoms with Crippen LogP contribution in [0.4, 0.5) is 5.69 Å². The average molecular weight is 323 g/mol. The fourth-order valence-electron chi connectivity index (χ4n) is 1.79. The Morgan fingerprint density at radius 2 is 1.73 bits per heavy atom. The highest BCUT2D eigenvalue weighted by Gasteiger charge is 2.05. The zero-order valence-electron chi connectivity index (χ0n) is 13.3. The molecule has 1 rings (SSSR count). The molecule has 5 nitrogen and oxygen atoms in total. The second-order valence-corrected chi connectivity index (χ2v) is 6.25. The fourth-order valence-corrected chi connectivity index (χ4v) is 2.43. The van der Waals surface area contributed by atoms with Crippen molar-refractivity contribution in [2.24, 2.45) is 0 Å². The van der Waals surface area contributed by atoms with Gasteiger partial charge in [0.25, 0.3) is 0 Å². The minimum atomic E-state index is -0.0880. The summed E-state index contributed by atoms with van der Waals surface area (Å²) in [5.74, 6) is 0.496. The van der Waals surface area contributed by atoms with E-state index in [1.54, 1.807) is 0 Å². The van der Waals surface area contributed by atoms with Crippen molar-refractivity contribution in [2.75, 3.05) is 44.0 Å². The Morgan fingerprint density at radius 3 is 2.41 bits per heavy atom. The molecule has 2 N–H and O–H groups in total. The van der Waals surface area contributed by atoms with Crippen LogP contribution in [0.2, 0.25) is 0 Å². The molecule has 0 aliphatic rings. The van der Waals surface area contributed by atoms with Crippen molar-refractivity contribution in [3.05, 3.63) is 30.3 Å². The molecule has 0 aliphatic carbocycles. The second-order valence-electron chi connectivity index (χ2n) is 5.27. The fraction of sp³-hybridized carbons (Fsp3) is 0.500. The molecule has 122 valence electrons. The Labute approximate surface area is 136 Å². The van der Waals surface area contributed by atoms with Crippen LogP contribution in [0.15, 0.2) is 30.3 Å². The van der Waals surface area contributed by atoms with Crippen LogP contribution in [0.25, 0.3) is 0 Å². The van der Waals surface area contributed by atoms with Crippen molar-refractivity contribution in [3.63, 3.8) is 0 Å². The van der Waals surface area contributed by atoms with Gasteiger partial charge in [-0.3, -0.25) is 9.59 Å². The number of anilines is 1. The molecule has 0 atom stereocenters. The first kappa shape index (κ1) is 18.5. The van der Waals surface area contributed by atoms with Gasteiger partial charge in [-0.1, -0.05) is 18.2 Å². The van der Waals surface area contributed by atoms with Gasteiger partial charge in [-0.05, 0) is 45.6 Å². The number of thioether (sulfide) groups is 1. The van der Waals surface area contributed by atoms with Crippen molar-refractivity contribution in [2.45, 2.75) is 12.8 Å². The Hall–Kier alpha value is -1.53. The molecule has 0 spiro atoms. The van der Waals surface area contributed by atoms with E-state index in [9.17, 15) is 9.59 Å². The van der Waals surface area contributed by atoms with E-state index < -0.39 is 0 Å². The van der Waals surface area contributed by atoms with E-state index in [0.29, 0.717) is 12.3 Å². The molecule has 0 heterocycles. The van der Waals surface area contributed by atoms with Gasteiger partial charge in [0, 0.05) is 12.2 Å². The third-order valence-corrected chi connectivity index (χ3v) is 3.81. The largest absolute Gasteiger partial charge is 0.355 e. The van der Waals surface area contributed by atoms with E-state index in [4.69, 9.17) is 0 Å². The van der Waals surface area contributed by atoms with E-state index in [1.807, 2.05) is 44.4 Å². The van der Waals surface area contributed by atoms with Crippen LogP contribution in [0, 0.1) is 0 Å². The van der Waals surface area contributed by atoms with E-state index in [0.717, 1.165) is 25.1 Å². The number of hydrogen-bond acceptors (Lipinski definition) is 4. The molecule has 0 saturated heterocycles. The van der Waals surface area contributed by atoms with Crippen LogP contribution in [0.3, 0.4) is 0 Å². The molecule has 0 fully saturated rings. The molecule has 0 aliphatic heterocycles. The highest BCUT2D eigenvalue weighted by Crippen LogP contribution is 2.07.